The number of carbonyl (C=O) groups is 1. The van der Waals surface area contributed by atoms with Crippen molar-refractivity contribution >= 4 is 61.4 Å². The van der Waals surface area contributed by atoms with Gasteiger partial charge in [0.05, 0.1) is 11.9 Å². The van der Waals surface area contributed by atoms with E-state index in [1.54, 1.807) is 23.9 Å². The molecular weight excluding hydrogens is 444 g/mol. The molecule has 1 unspecified atom stereocenters. The zero-order valence-electron chi connectivity index (χ0n) is 15.4. The van der Waals surface area contributed by atoms with E-state index in [4.69, 9.17) is 16.3 Å². The maximum atomic E-state index is 12.7. The lowest BCUT2D eigenvalue weighted by molar-refractivity contribution is -0.122. The van der Waals surface area contributed by atoms with Gasteiger partial charge in [-0.3, -0.25) is 14.4 Å². The van der Waals surface area contributed by atoms with Gasteiger partial charge in [0.1, 0.15) is 5.75 Å². The first-order valence-electron chi connectivity index (χ1n) is 8.38. The molecule has 0 radical (unpaired) electrons. The van der Waals surface area contributed by atoms with Crippen LogP contribution in [-0.4, -0.2) is 48.7 Å². The molecule has 8 nitrogen and oxygen atoms in total. The van der Waals surface area contributed by atoms with Crippen LogP contribution in [0.15, 0.2) is 22.5 Å². The Bertz CT molecular complexity index is 980. The molecule has 0 saturated heterocycles. The first-order chi connectivity index (χ1) is 13.1. The molecule has 2 heterocycles. The number of thioether (sulfide) groups is 1. The molecule has 1 aromatic carbocycles. The van der Waals surface area contributed by atoms with Crippen molar-refractivity contribution in [2.75, 3.05) is 22.4 Å². The number of rotatable bonds is 5. The van der Waals surface area contributed by atoms with Gasteiger partial charge in [0.15, 0.2) is 10.4 Å². The Balaban J connectivity index is 1.79. The van der Waals surface area contributed by atoms with Gasteiger partial charge in [-0.1, -0.05) is 48.5 Å². The number of aromatic nitrogens is 2. The summed E-state index contributed by atoms with van der Waals surface area (Å²) in [5.74, 6) is -0.130. The van der Waals surface area contributed by atoms with Crippen molar-refractivity contribution < 1.29 is 17.9 Å². The number of fused-ring (bicyclic) bond motifs is 1. The molecule has 28 heavy (non-hydrogen) atoms. The quantitative estimate of drug-likeness (QED) is 0.537. The number of sulfonamides is 1. The number of hydrogen-bond donors (Lipinski definition) is 1. The van der Waals surface area contributed by atoms with E-state index in [1.807, 2.05) is 13.8 Å². The molecule has 152 valence electrons. The molecule has 0 saturated carbocycles. The smallest absolute Gasteiger partial charge is 0.267 e. The molecule has 2 aromatic rings. The lowest BCUT2D eigenvalue weighted by Crippen LogP contribution is -2.35. The zero-order valence-corrected chi connectivity index (χ0v) is 18.6. The standard InChI is InChI=1S/C16H19ClN4O4S3/c1-9(2)26-16-20-19-15(27-16)18-14(22)13-6-7-21(28(3,23)24)11-8-10(17)4-5-12(11)25-13/h4-5,8-9,13H,6-7H2,1-3H3,(H,18,19,22). The van der Waals surface area contributed by atoms with Gasteiger partial charge in [0, 0.05) is 23.2 Å². The van der Waals surface area contributed by atoms with Gasteiger partial charge < -0.3 is 4.74 Å². The van der Waals surface area contributed by atoms with Crippen LogP contribution in [-0.2, 0) is 14.8 Å². The third-order valence-corrected chi connectivity index (χ3v) is 7.06. The number of benzene rings is 1. The second-order valence-corrected chi connectivity index (χ2v) is 11.5. The van der Waals surface area contributed by atoms with Crippen LogP contribution >= 0.6 is 34.7 Å². The number of carbonyl (C=O) groups excluding carboxylic acids is 1. The fraction of sp³-hybridized carbons (Fsp3) is 0.438. The largest absolute Gasteiger partial charge is 0.478 e. The lowest BCUT2D eigenvalue weighted by atomic mass is 10.2. The van der Waals surface area contributed by atoms with Gasteiger partial charge in [-0.2, -0.15) is 0 Å². The minimum Gasteiger partial charge on any atom is -0.478 e. The predicted molar refractivity (Wildman–Crippen MR) is 112 cm³/mol. The summed E-state index contributed by atoms with van der Waals surface area (Å²) in [5.41, 5.74) is 0.317. The summed E-state index contributed by atoms with van der Waals surface area (Å²) in [7, 11) is -3.56. The highest BCUT2D eigenvalue weighted by Crippen LogP contribution is 2.36. The predicted octanol–water partition coefficient (Wildman–Crippen LogP) is 3.25. The van der Waals surface area contributed by atoms with Crippen LogP contribution < -0.4 is 14.4 Å². The van der Waals surface area contributed by atoms with Crippen LogP contribution in [0.5, 0.6) is 5.75 Å². The summed E-state index contributed by atoms with van der Waals surface area (Å²) in [6, 6.07) is 4.66. The Hall–Kier alpha value is -1.56. The minimum atomic E-state index is -3.56. The minimum absolute atomic E-state index is 0.0921. The first-order valence-corrected chi connectivity index (χ1v) is 12.3. The molecule has 1 N–H and O–H groups in total. The van der Waals surface area contributed by atoms with Crippen LogP contribution in [0.25, 0.3) is 0 Å². The molecule has 1 aromatic heterocycles. The van der Waals surface area contributed by atoms with Crippen molar-refractivity contribution in [3.05, 3.63) is 23.2 Å². The number of nitrogens with one attached hydrogen (secondary N) is 1. The van der Waals surface area contributed by atoms with Crippen molar-refractivity contribution in [2.24, 2.45) is 0 Å². The van der Waals surface area contributed by atoms with Crippen LogP contribution in [0.4, 0.5) is 10.8 Å². The van der Waals surface area contributed by atoms with Crippen LogP contribution in [0.1, 0.15) is 20.3 Å². The molecule has 0 spiro atoms. The topological polar surface area (TPSA) is 101 Å². The van der Waals surface area contributed by atoms with E-state index in [1.165, 1.54) is 21.7 Å². The molecular formula is C16H19ClN4O4S3. The monoisotopic (exact) mass is 462 g/mol. The second-order valence-electron chi connectivity index (χ2n) is 6.37. The van der Waals surface area contributed by atoms with Crippen molar-refractivity contribution in [1.29, 1.82) is 0 Å². The summed E-state index contributed by atoms with van der Waals surface area (Å²) in [6.07, 6.45) is 0.405. The average Bonchev–Trinajstić information content (AvgIpc) is 2.90. The van der Waals surface area contributed by atoms with Crippen molar-refractivity contribution in [1.82, 2.24) is 10.2 Å². The summed E-state index contributed by atoms with van der Waals surface area (Å²) < 4.78 is 32.1. The summed E-state index contributed by atoms with van der Waals surface area (Å²) >= 11 is 8.86. The normalized spacial score (nSPS) is 17.0. The Morgan fingerprint density at radius 1 is 1.43 bits per heavy atom. The average molecular weight is 463 g/mol. The van der Waals surface area contributed by atoms with Crippen molar-refractivity contribution in [2.45, 2.75) is 36.0 Å². The van der Waals surface area contributed by atoms with E-state index < -0.39 is 22.0 Å². The number of nitrogens with zero attached hydrogens (tertiary/aromatic N) is 3. The molecule has 1 amide bonds. The van der Waals surface area contributed by atoms with Gasteiger partial charge in [-0.25, -0.2) is 8.42 Å². The number of halogens is 1. The molecule has 1 aliphatic rings. The molecule has 3 rings (SSSR count). The highest BCUT2D eigenvalue weighted by atomic mass is 35.5. The Labute approximate surface area is 176 Å². The number of ether oxygens (including phenoxy) is 1. The summed E-state index contributed by atoms with van der Waals surface area (Å²) in [5, 5.41) is 11.8. The van der Waals surface area contributed by atoms with Gasteiger partial charge in [-0.15, -0.1) is 10.2 Å². The third kappa shape index (κ3) is 5.07. The van der Waals surface area contributed by atoms with E-state index in [0.29, 0.717) is 21.1 Å². The molecule has 1 atom stereocenters. The van der Waals surface area contributed by atoms with E-state index in [-0.39, 0.29) is 18.7 Å². The highest BCUT2D eigenvalue weighted by molar-refractivity contribution is 8.01. The van der Waals surface area contributed by atoms with Gasteiger partial charge in [-0.05, 0) is 18.2 Å². The van der Waals surface area contributed by atoms with Gasteiger partial charge >= 0.3 is 0 Å². The maximum Gasteiger partial charge on any atom is 0.267 e. The number of amides is 1. The third-order valence-electron chi connectivity index (χ3n) is 3.72. The van der Waals surface area contributed by atoms with E-state index in [9.17, 15) is 13.2 Å². The SMILES string of the molecule is CC(C)Sc1nnc(NC(=O)C2CCN(S(C)(=O)=O)c3cc(Cl)ccc3O2)s1. The lowest BCUT2D eigenvalue weighted by Gasteiger charge is -2.21. The van der Waals surface area contributed by atoms with E-state index >= 15 is 0 Å². The Morgan fingerprint density at radius 2 is 2.18 bits per heavy atom. The van der Waals surface area contributed by atoms with Crippen LogP contribution in [0.2, 0.25) is 5.02 Å². The van der Waals surface area contributed by atoms with Crippen LogP contribution in [0.3, 0.4) is 0 Å². The molecule has 12 heteroatoms. The van der Waals surface area contributed by atoms with E-state index in [0.717, 1.165) is 10.6 Å². The maximum absolute atomic E-state index is 12.7. The van der Waals surface area contributed by atoms with Crippen molar-refractivity contribution in [3.8, 4) is 5.75 Å². The number of hydrogen-bond acceptors (Lipinski definition) is 8. The molecule has 0 bridgehead atoms. The second kappa shape index (κ2) is 8.44. The molecule has 1 aliphatic heterocycles. The van der Waals surface area contributed by atoms with Gasteiger partial charge in [0.25, 0.3) is 5.91 Å². The van der Waals surface area contributed by atoms with Crippen LogP contribution in [0, 0.1) is 0 Å². The summed E-state index contributed by atoms with van der Waals surface area (Å²) in [4.78, 5) is 12.7. The number of anilines is 2. The molecule has 0 aliphatic carbocycles. The first kappa shape index (κ1) is 21.2. The fourth-order valence-electron chi connectivity index (χ4n) is 2.58. The zero-order chi connectivity index (χ0) is 20.5. The van der Waals surface area contributed by atoms with Gasteiger partial charge in [0.2, 0.25) is 15.2 Å². The Kier molecular flexibility index (Phi) is 6.37. The Morgan fingerprint density at radius 3 is 2.86 bits per heavy atom. The summed E-state index contributed by atoms with van der Waals surface area (Å²) in [6.45, 7) is 4.18. The molecule has 0 fully saturated rings. The van der Waals surface area contributed by atoms with Crippen molar-refractivity contribution in [3.63, 3.8) is 0 Å². The van der Waals surface area contributed by atoms with E-state index in [2.05, 4.69) is 15.5 Å². The fourth-order valence-corrected chi connectivity index (χ4v) is 5.66. The highest BCUT2D eigenvalue weighted by Gasteiger charge is 2.31.